The van der Waals surface area contributed by atoms with Crippen LogP contribution in [0.2, 0.25) is 0 Å². The molecule has 21 heavy (non-hydrogen) atoms. The molecule has 0 bridgehead atoms. The number of hydrogen-bond acceptors (Lipinski definition) is 3. The molecule has 1 N–H and O–H groups in total. The van der Waals surface area contributed by atoms with Crippen LogP contribution >= 0.6 is 0 Å². The summed E-state index contributed by atoms with van der Waals surface area (Å²) in [5.41, 5.74) is 3.83. The zero-order valence-corrected chi connectivity index (χ0v) is 13.0. The van der Waals surface area contributed by atoms with E-state index in [1.807, 2.05) is 6.07 Å². The molecule has 0 radical (unpaired) electrons. The second-order valence-electron chi connectivity index (χ2n) is 5.83. The third-order valence-corrected chi connectivity index (χ3v) is 4.11. The normalized spacial score (nSPS) is 16.4. The van der Waals surface area contributed by atoms with E-state index >= 15 is 0 Å². The van der Waals surface area contributed by atoms with E-state index in [0.717, 1.165) is 50.5 Å². The van der Waals surface area contributed by atoms with Crippen molar-refractivity contribution in [3.8, 4) is 0 Å². The van der Waals surface area contributed by atoms with Gasteiger partial charge in [0.15, 0.2) is 0 Å². The number of rotatable bonds is 5. The molecule has 3 heteroatoms. The Balaban J connectivity index is 1.89. The molecular formula is C18H24N2O. The summed E-state index contributed by atoms with van der Waals surface area (Å²) < 4.78 is 6.07. The second kappa shape index (κ2) is 6.46. The summed E-state index contributed by atoms with van der Waals surface area (Å²) in [7, 11) is 0. The largest absolute Gasteiger partial charge is 0.459 e. The third kappa shape index (κ3) is 3.20. The van der Waals surface area contributed by atoms with Crippen LogP contribution in [-0.2, 0) is 13.1 Å². The number of para-hydroxylation sites is 1. The maximum Gasteiger partial charge on any atom is 0.134 e. The van der Waals surface area contributed by atoms with E-state index in [9.17, 15) is 0 Å². The van der Waals surface area contributed by atoms with Crippen LogP contribution in [0, 0.1) is 0 Å². The molecule has 0 aliphatic carbocycles. The standard InChI is InChI=1S/C18H24N2O/c1-3-19-11-18-16(13-20-10-6-7-14(2)12-20)15-8-4-5-9-17(15)21-18/h4-5,7-9,19H,3,6,10-13H2,1-2H3. The predicted molar refractivity (Wildman–Crippen MR) is 87.2 cm³/mol. The van der Waals surface area contributed by atoms with Gasteiger partial charge >= 0.3 is 0 Å². The number of fused-ring (bicyclic) bond motifs is 1. The van der Waals surface area contributed by atoms with Crippen molar-refractivity contribution in [2.75, 3.05) is 19.6 Å². The first-order valence-corrected chi connectivity index (χ1v) is 7.86. The summed E-state index contributed by atoms with van der Waals surface area (Å²) in [5.74, 6) is 1.09. The molecule has 0 atom stereocenters. The Morgan fingerprint density at radius 3 is 2.95 bits per heavy atom. The Morgan fingerprint density at radius 2 is 2.14 bits per heavy atom. The summed E-state index contributed by atoms with van der Waals surface area (Å²) in [4.78, 5) is 2.52. The topological polar surface area (TPSA) is 28.4 Å². The molecular weight excluding hydrogens is 260 g/mol. The van der Waals surface area contributed by atoms with Gasteiger partial charge in [0.05, 0.1) is 6.54 Å². The van der Waals surface area contributed by atoms with Gasteiger partial charge in [-0.05, 0) is 26.0 Å². The summed E-state index contributed by atoms with van der Waals surface area (Å²) in [6.45, 7) is 9.30. The molecule has 0 spiro atoms. The summed E-state index contributed by atoms with van der Waals surface area (Å²) in [6.07, 6.45) is 3.51. The number of nitrogens with zero attached hydrogens (tertiary/aromatic N) is 1. The third-order valence-electron chi connectivity index (χ3n) is 4.11. The van der Waals surface area contributed by atoms with Gasteiger partial charge in [-0.25, -0.2) is 0 Å². The molecule has 1 aliphatic rings. The lowest BCUT2D eigenvalue weighted by atomic mass is 10.1. The zero-order valence-electron chi connectivity index (χ0n) is 13.0. The molecule has 1 aromatic heterocycles. The van der Waals surface area contributed by atoms with Gasteiger partial charge in [-0.1, -0.05) is 36.8 Å². The molecule has 0 unspecified atom stereocenters. The quantitative estimate of drug-likeness (QED) is 0.849. The van der Waals surface area contributed by atoms with Crippen molar-refractivity contribution in [2.24, 2.45) is 0 Å². The van der Waals surface area contributed by atoms with E-state index in [1.165, 1.54) is 16.5 Å². The predicted octanol–water partition coefficient (Wildman–Crippen LogP) is 3.69. The van der Waals surface area contributed by atoms with Crippen molar-refractivity contribution in [1.82, 2.24) is 10.2 Å². The zero-order chi connectivity index (χ0) is 14.7. The van der Waals surface area contributed by atoms with Gasteiger partial charge in [0, 0.05) is 30.6 Å². The highest BCUT2D eigenvalue weighted by atomic mass is 16.3. The molecule has 3 nitrogen and oxygen atoms in total. The van der Waals surface area contributed by atoms with E-state index in [4.69, 9.17) is 4.42 Å². The number of nitrogens with one attached hydrogen (secondary N) is 1. The van der Waals surface area contributed by atoms with E-state index in [2.05, 4.69) is 48.3 Å². The molecule has 2 heterocycles. The SMILES string of the molecule is CCNCc1oc2ccccc2c1CN1CCC=C(C)C1. The van der Waals surface area contributed by atoms with Gasteiger partial charge in [-0.15, -0.1) is 0 Å². The van der Waals surface area contributed by atoms with E-state index in [1.54, 1.807) is 0 Å². The van der Waals surface area contributed by atoms with Gasteiger partial charge in [-0.3, -0.25) is 4.90 Å². The van der Waals surface area contributed by atoms with Crippen LogP contribution in [0.3, 0.4) is 0 Å². The molecule has 0 fully saturated rings. The fourth-order valence-electron chi connectivity index (χ4n) is 3.05. The second-order valence-corrected chi connectivity index (χ2v) is 5.83. The lowest BCUT2D eigenvalue weighted by Crippen LogP contribution is -2.29. The van der Waals surface area contributed by atoms with Gasteiger partial charge in [0.1, 0.15) is 11.3 Å². The summed E-state index contributed by atoms with van der Waals surface area (Å²) >= 11 is 0. The average Bonchev–Trinajstić information content (AvgIpc) is 2.83. The van der Waals surface area contributed by atoms with Crippen molar-refractivity contribution >= 4 is 11.0 Å². The number of furan rings is 1. The summed E-state index contributed by atoms with van der Waals surface area (Å²) in [6, 6.07) is 8.38. The highest BCUT2D eigenvalue weighted by Crippen LogP contribution is 2.28. The fourth-order valence-corrected chi connectivity index (χ4v) is 3.05. The number of benzene rings is 1. The van der Waals surface area contributed by atoms with Crippen LogP contribution in [-0.4, -0.2) is 24.5 Å². The van der Waals surface area contributed by atoms with Crippen molar-refractivity contribution in [2.45, 2.75) is 33.4 Å². The molecule has 0 amide bonds. The lowest BCUT2D eigenvalue weighted by Gasteiger charge is -2.26. The minimum Gasteiger partial charge on any atom is -0.459 e. The van der Waals surface area contributed by atoms with Crippen molar-refractivity contribution in [3.63, 3.8) is 0 Å². The van der Waals surface area contributed by atoms with Crippen molar-refractivity contribution < 1.29 is 4.42 Å². The molecule has 0 saturated heterocycles. The molecule has 1 aliphatic heterocycles. The summed E-state index contributed by atoms with van der Waals surface area (Å²) in [5, 5.41) is 4.65. The molecule has 1 aromatic carbocycles. The van der Waals surface area contributed by atoms with Crippen LogP contribution in [0.15, 0.2) is 40.3 Å². The minimum atomic E-state index is 0.809. The van der Waals surface area contributed by atoms with Crippen LogP contribution in [0.1, 0.15) is 31.6 Å². The van der Waals surface area contributed by atoms with Gasteiger partial charge in [-0.2, -0.15) is 0 Å². The van der Waals surface area contributed by atoms with Crippen LogP contribution in [0.4, 0.5) is 0 Å². The Morgan fingerprint density at radius 1 is 1.29 bits per heavy atom. The fraction of sp³-hybridized carbons (Fsp3) is 0.444. The molecule has 112 valence electrons. The van der Waals surface area contributed by atoms with Crippen molar-refractivity contribution in [3.05, 3.63) is 47.2 Å². The monoisotopic (exact) mass is 284 g/mol. The Hall–Kier alpha value is -1.58. The van der Waals surface area contributed by atoms with Crippen LogP contribution in [0.5, 0.6) is 0 Å². The molecule has 3 rings (SSSR count). The van der Waals surface area contributed by atoms with Gasteiger partial charge in [0.2, 0.25) is 0 Å². The van der Waals surface area contributed by atoms with Gasteiger partial charge in [0.25, 0.3) is 0 Å². The molecule has 2 aromatic rings. The first-order chi connectivity index (χ1) is 10.3. The van der Waals surface area contributed by atoms with Crippen molar-refractivity contribution in [1.29, 1.82) is 0 Å². The van der Waals surface area contributed by atoms with E-state index in [0.29, 0.717) is 0 Å². The maximum absolute atomic E-state index is 6.07. The molecule has 0 saturated carbocycles. The van der Waals surface area contributed by atoms with E-state index < -0.39 is 0 Å². The Kier molecular flexibility index (Phi) is 4.42. The maximum atomic E-state index is 6.07. The minimum absolute atomic E-state index is 0.809. The Bertz CT molecular complexity index is 642. The Labute approximate surface area is 126 Å². The van der Waals surface area contributed by atoms with Crippen LogP contribution in [0.25, 0.3) is 11.0 Å². The number of hydrogen-bond donors (Lipinski definition) is 1. The average molecular weight is 284 g/mol. The van der Waals surface area contributed by atoms with Gasteiger partial charge < -0.3 is 9.73 Å². The highest BCUT2D eigenvalue weighted by Gasteiger charge is 2.18. The first-order valence-electron chi connectivity index (χ1n) is 7.86. The lowest BCUT2D eigenvalue weighted by molar-refractivity contribution is 0.280. The van der Waals surface area contributed by atoms with E-state index in [-0.39, 0.29) is 0 Å². The highest BCUT2D eigenvalue weighted by molar-refractivity contribution is 5.82. The van der Waals surface area contributed by atoms with Crippen LogP contribution < -0.4 is 5.32 Å². The first kappa shape index (κ1) is 14.4. The smallest absolute Gasteiger partial charge is 0.134 e.